The van der Waals surface area contributed by atoms with E-state index in [4.69, 9.17) is 15.0 Å². The Labute approximate surface area is 286 Å². The van der Waals surface area contributed by atoms with Crippen molar-refractivity contribution in [1.29, 1.82) is 0 Å². The number of aromatic nitrogens is 5. The molecule has 8 aromatic rings. The summed E-state index contributed by atoms with van der Waals surface area (Å²) in [6, 6.07) is 34.0. The zero-order valence-electron chi connectivity index (χ0n) is 26.3. The van der Waals surface area contributed by atoms with Crippen molar-refractivity contribution >= 4 is 21.8 Å². The highest BCUT2D eigenvalue weighted by molar-refractivity contribution is 6.10. The summed E-state index contributed by atoms with van der Waals surface area (Å²) in [5.41, 5.74) is 2.47. The molecule has 0 aliphatic rings. The smallest absolute Gasteiger partial charge is 0.308 e. The molecular formula is C40H23F6N5. The second-order valence-electron chi connectivity index (χ2n) is 11.8. The molecule has 0 spiro atoms. The molecule has 0 radical (unpaired) electrons. The Morgan fingerprint density at radius 2 is 0.922 bits per heavy atom. The van der Waals surface area contributed by atoms with Gasteiger partial charge in [-0.2, -0.15) is 26.3 Å². The number of hydrogen-bond acceptors (Lipinski definition) is 4. The maximum Gasteiger partial charge on any atom is 0.416 e. The molecule has 51 heavy (non-hydrogen) atoms. The standard InChI is InChI=1S/C40H23F6N5/c41-39(42,43)28-12-15-33-31(22-28)32-23-29(40(44,45)46)13-16-34(32)51(33)35-21-27(24-17-19-47-20-18-24)11-14-30(35)38-49-36(25-7-3-1-4-8-25)48-37(50-38)26-9-5-2-6-10-26/h1-23H. The summed E-state index contributed by atoms with van der Waals surface area (Å²) in [6.07, 6.45) is -6.18. The molecule has 5 nitrogen and oxygen atoms in total. The van der Waals surface area contributed by atoms with Gasteiger partial charge in [0.25, 0.3) is 0 Å². The normalized spacial score (nSPS) is 12.1. The van der Waals surface area contributed by atoms with Crippen LogP contribution < -0.4 is 0 Å². The SMILES string of the molecule is FC(F)(F)c1ccc2c(c1)c1cc(C(F)(F)F)ccc1n2-c1cc(-c2ccncc2)ccc1-c1nc(-c2ccccc2)nc(-c2ccccc2)n1. The van der Waals surface area contributed by atoms with Crippen molar-refractivity contribution in [2.45, 2.75) is 12.4 Å². The summed E-state index contributed by atoms with van der Waals surface area (Å²) in [6.45, 7) is 0. The monoisotopic (exact) mass is 687 g/mol. The number of fused-ring (bicyclic) bond motifs is 3. The van der Waals surface area contributed by atoms with Crippen molar-refractivity contribution in [1.82, 2.24) is 24.5 Å². The van der Waals surface area contributed by atoms with Gasteiger partial charge in [0, 0.05) is 39.9 Å². The highest BCUT2D eigenvalue weighted by Gasteiger charge is 2.33. The van der Waals surface area contributed by atoms with E-state index in [1.807, 2.05) is 72.8 Å². The molecule has 0 amide bonds. The lowest BCUT2D eigenvalue weighted by molar-refractivity contribution is -0.138. The molecule has 11 heteroatoms. The number of alkyl halides is 6. The van der Waals surface area contributed by atoms with Crippen LogP contribution >= 0.6 is 0 Å². The van der Waals surface area contributed by atoms with E-state index in [1.54, 1.807) is 35.2 Å². The molecule has 0 saturated heterocycles. The summed E-state index contributed by atoms with van der Waals surface area (Å²) in [4.78, 5) is 18.6. The van der Waals surface area contributed by atoms with E-state index in [-0.39, 0.29) is 27.6 Å². The van der Waals surface area contributed by atoms with Crippen molar-refractivity contribution in [3.63, 3.8) is 0 Å². The average molecular weight is 688 g/mol. The number of pyridine rings is 1. The molecule has 0 bridgehead atoms. The van der Waals surface area contributed by atoms with Crippen LogP contribution in [0.15, 0.2) is 140 Å². The van der Waals surface area contributed by atoms with Crippen LogP contribution in [0.25, 0.3) is 72.8 Å². The van der Waals surface area contributed by atoms with Gasteiger partial charge >= 0.3 is 12.4 Å². The zero-order chi connectivity index (χ0) is 35.3. The molecule has 8 rings (SSSR count). The van der Waals surface area contributed by atoms with Gasteiger partial charge in [-0.05, 0) is 71.8 Å². The van der Waals surface area contributed by atoms with Crippen molar-refractivity contribution in [3.05, 3.63) is 151 Å². The second-order valence-corrected chi connectivity index (χ2v) is 11.8. The van der Waals surface area contributed by atoms with Gasteiger partial charge in [-0.1, -0.05) is 66.7 Å². The third-order valence-corrected chi connectivity index (χ3v) is 8.61. The molecular weight excluding hydrogens is 664 g/mol. The highest BCUT2D eigenvalue weighted by atomic mass is 19.4. The first-order valence-corrected chi connectivity index (χ1v) is 15.7. The van der Waals surface area contributed by atoms with Crippen LogP contribution in [0, 0.1) is 0 Å². The Balaban J connectivity index is 1.47. The lowest BCUT2D eigenvalue weighted by Gasteiger charge is -2.17. The van der Waals surface area contributed by atoms with E-state index in [0.29, 0.717) is 22.9 Å². The first kappa shape index (κ1) is 31.9. The fourth-order valence-electron chi connectivity index (χ4n) is 6.19. The van der Waals surface area contributed by atoms with Crippen LogP contribution in [0.5, 0.6) is 0 Å². The Kier molecular flexibility index (Phi) is 7.63. The maximum atomic E-state index is 14.0. The predicted molar refractivity (Wildman–Crippen MR) is 184 cm³/mol. The average Bonchev–Trinajstić information content (AvgIpc) is 3.48. The number of benzene rings is 5. The number of halogens is 6. The van der Waals surface area contributed by atoms with Gasteiger partial charge in [0.05, 0.1) is 27.8 Å². The van der Waals surface area contributed by atoms with Gasteiger partial charge < -0.3 is 4.57 Å². The van der Waals surface area contributed by atoms with Gasteiger partial charge in [0.15, 0.2) is 17.5 Å². The summed E-state index contributed by atoms with van der Waals surface area (Å²) < 4.78 is 85.6. The molecule has 0 N–H and O–H groups in total. The van der Waals surface area contributed by atoms with Gasteiger partial charge in [0.1, 0.15) is 0 Å². The number of rotatable bonds is 5. The Bertz CT molecular complexity index is 2420. The third kappa shape index (κ3) is 5.96. The maximum absolute atomic E-state index is 14.0. The highest BCUT2D eigenvalue weighted by Crippen LogP contribution is 2.42. The molecule has 3 aromatic heterocycles. The first-order chi connectivity index (χ1) is 24.5. The lowest BCUT2D eigenvalue weighted by atomic mass is 10.0. The summed E-state index contributed by atoms with van der Waals surface area (Å²) >= 11 is 0. The fraction of sp³-hybridized carbons (Fsp3) is 0.0500. The van der Waals surface area contributed by atoms with Gasteiger partial charge in [-0.15, -0.1) is 0 Å². The van der Waals surface area contributed by atoms with E-state index in [1.165, 1.54) is 12.1 Å². The van der Waals surface area contributed by atoms with Crippen LogP contribution in [0.3, 0.4) is 0 Å². The number of nitrogens with zero attached hydrogens (tertiary/aromatic N) is 5. The largest absolute Gasteiger partial charge is 0.416 e. The topological polar surface area (TPSA) is 56.5 Å². The van der Waals surface area contributed by atoms with Crippen LogP contribution in [0.1, 0.15) is 11.1 Å². The van der Waals surface area contributed by atoms with Gasteiger partial charge in [-0.25, -0.2) is 15.0 Å². The zero-order valence-corrected chi connectivity index (χ0v) is 26.3. The predicted octanol–water partition coefficient (Wildman–Crippen LogP) is 11.1. The minimum Gasteiger partial charge on any atom is -0.308 e. The molecule has 3 heterocycles. The minimum absolute atomic E-state index is 0.0109. The minimum atomic E-state index is -4.72. The van der Waals surface area contributed by atoms with Gasteiger partial charge in [-0.3, -0.25) is 4.98 Å². The van der Waals surface area contributed by atoms with E-state index in [2.05, 4.69) is 4.98 Å². The molecule has 0 unspecified atom stereocenters. The Hall–Kier alpha value is -6.36. The molecule has 0 aliphatic carbocycles. The summed E-state index contributed by atoms with van der Waals surface area (Å²) in [5, 5.41) is 0.0218. The molecule has 0 saturated carbocycles. The van der Waals surface area contributed by atoms with Crippen LogP contribution in [-0.2, 0) is 12.4 Å². The summed E-state index contributed by atoms with van der Waals surface area (Å²) in [7, 11) is 0. The molecule has 5 aromatic carbocycles. The van der Waals surface area contributed by atoms with Crippen molar-refractivity contribution in [3.8, 4) is 51.0 Å². The van der Waals surface area contributed by atoms with Crippen LogP contribution in [-0.4, -0.2) is 24.5 Å². The molecule has 0 aliphatic heterocycles. The molecule has 250 valence electrons. The van der Waals surface area contributed by atoms with Gasteiger partial charge in [0.2, 0.25) is 0 Å². The van der Waals surface area contributed by atoms with Crippen molar-refractivity contribution in [2.75, 3.05) is 0 Å². The third-order valence-electron chi connectivity index (χ3n) is 8.61. The molecule has 0 atom stereocenters. The second kappa shape index (κ2) is 12.2. The van der Waals surface area contributed by atoms with E-state index < -0.39 is 23.5 Å². The first-order valence-electron chi connectivity index (χ1n) is 15.7. The fourth-order valence-corrected chi connectivity index (χ4v) is 6.19. The van der Waals surface area contributed by atoms with E-state index in [9.17, 15) is 26.3 Å². The van der Waals surface area contributed by atoms with E-state index >= 15 is 0 Å². The van der Waals surface area contributed by atoms with Crippen LogP contribution in [0.4, 0.5) is 26.3 Å². The Morgan fingerprint density at radius 3 is 1.41 bits per heavy atom. The van der Waals surface area contributed by atoms with Crippen molar-refractivity contribution < 1.29 is 26.3 Å². The number of hydrogen-bond donors (Lipinski definition) is 0. The quantitative estimate of drug-likeness (QED) is 0.169. The van der Waals surface area contributed by atoms with Crippen LogP contribution in [0.2, 0.25) is 0 Å². The summed E-state index contributed by atoms with van der Waals surface area (Å²) in [5.74, 6) is 1.03. The molecule has 0 fully saturated rings. The van der Waals surface area contributed by atoms with Crippen molar-refractivity contribution in [2.24, 2.45) is 0 Å². The Morgan fingerprint density at radius 1 is 0.431 bits per heavy atom. The lowest BCUT2D eigenvalue weighted by Crippen LogP contribution is -2.05. The van der Waals surface area contributed by atoms with E-state index in [0.717, 1.165) is 46.5 Å².